The molecule has 1 nitrogen and oxygen atoms in total. The summed E-state index contributed by atoms with van der Waals surface area (Å²) in [6.45, 7) is 0. The maximum atomic E-state index is 11.8. The van der Waals surface area contributed by atoms with E-state index in [2.05, 4.69) is 24.3 Å². The molecule has 0 aliphatic rings. The number of hydrogen-bond acceptors (Lipinski definition) is 2. The van der Waals surface area contributed by atoms with Crippen LogP contribution in [0.3, 0.4) is 0 Å². The lowest BCUT2D eigenvalue weighted by molar-refractivity contribution is 0.125. The van der Waals surface area contributed by atoms with Crippen molar-refractivity contribution in [3.63, 3.8) is 0 Å². The predicted molar refractivity (Wildman–Crippen MR) is 112 cm³/mol. The largest absolute Gasteiger partial charge is 0.376 e. The molecule has 4 aromatic rings. The van der Waals surface area contributed by atoms with E-state index >= 15 is 0 Å². The fourth-order valence-corrected chi connectivity index (χ4v) is 4.09. The number of rotatable bonds is 5. The Morgan fingerprint density at radius 1 is 0.444 bits per heavy atom. The van der Waals surface area contributed by atoms with E-state index < -0.39 is 5.60 Å². The van der Waals surface area contributed by atoms with Gasteiger partial charge >= 0.3 is 0 Å². The third-order valence-corrected chi connectivity index (χ3v) is 5.65. The van der Waals surface area contributed by atoms with Crippen LogP contribution in [-0.2, 0) is 5.60 Å². The molecule has 0 saturated heterocycles. The number of aliphatic hydroxyl groups is 1. The highest BCUT2D eigenvalue weighted by Gasteiger charge is 2.33. The molecule has 0 amide bonds. The first-order chi connectivity index (χ1) is 13.3. The zero-order valence-electron chi connectivity index (χ0n) is 14.8. The molecule has 4 aromatic carbocycles. The van der Waals surface area contributed by atoms with Crippen LogP contribution >= 0.6 is 11.8 Å². The maximum Gasteiger partial charge on any atom is 0.140 e. The van der Waals surface area contributed by atoms with Crippen molar-refractivity contribution in [2.45, 2.75) is 15.4 Å². The van der Waals surface area contributed by atoms with Crippen molar-refractivity contribution in [1.29, 1.82) is 0 Å². The second-order valence-electron chi connectivity index (χ2n) is 6.38. The van der Waals surface area contributed by atoms with Crippen LogP contribution in [0, 0.1) is 0 Å². The van der Waals surface area contributed by atoms with Crippen molar-refractivity contribution in [3.8, 4) is 0 Å². The second-order valence-corrected chi connectivity index (χ2v) is 7.53. The van der Waals surface area contributed by atoms with Gasteiger partial charge in [0.2, 0.25) is 0 Å². The number of benzene rings is 4. The molecule has 0 atom stereocenters. The SMILES string of the molecule is OC(c1ccccc1)(c1ccccc1)c1ccc(Sc2ccccc2)cc1. The smallest absolute Gasteiger partial charge is 0.140 e. The summed E-state index contributed by atoms with van der Waals surface area (Å²) in [6, 6.07) is 38.2. The van der Waals surface area contributed by atoms with Crippen LogP contribution in [0.4, 0.5) is 0 Å². The van der Waals surface area contributed by atoms with Crippen LogP contribution in [0.5, 0.6) is 0 Å². The summed E-state index contributed by atoms with van der Waals surface area (Å²) in [5, 5.41) is 11.8. The van der Waals surface area contributed by atoms with Crippen LogP contribution < -0.4 is 0 Å². The van der Waals surface area contributed by atoms with E-state index in [0.717, 1.165) is 21.6 Å². The van der Waals surface area contributed by atoms with Crippen molar-refractivity contribution in [2.24, 2.45) is 0 Å². The van der Waals surface area contributed by atoms with Gasteiger partial charge in [-0.2, -0.15) is 0 Å². The monoisotopic (exact) mass is 368 g/mol. The number of hydrogen-bond donors (Lipinski definition) is 1. The third-order valence-electron chi connectivity index (χ3n) is 4.63. The average Bonchev–Trinajstić information content (AvgIpc) is 2.76. The van der Waals surface area contributed by atoms with Gasteiger partial charge in [-0.3, -0.25) is 0 Å². The van der Waals surface area contributed by atoms with Gasteiger partial charge in [0, 0.05) is 9.79 Å². The standard InChI is InChI=1S/C25H20OS/c26-25(20-10-4-1-5-11-20,21-12-6-2-7-13-21)22-16-18-24(19-17-22)27-23-14-8-3-9-15-23/h1-19,26H. The molecule has 2 heteroatoms. The molecule has 0 bridgehead atoms. The van der Waals surface area contributed by atoms with E-state index in [0.29, 0.717) is 0 Å². The lowest BCUT2D eigenvalue weighted by atomic mass is 9.80. The van der Waals surface area contributed by atoms with E-state index in [9.17, 15) is 5.11 Å². The molecule has 4 rings (SSSR count). The topological polar surface area (TPSA) is 20.2 Å². The zero-order valence-corrected chi connectivity index (χ0v) is 15.6. The highest BCUT2D eigenvalue weighted by atomic mass is 32.2. The van der Waals surface area contributed by atoms with Gasteiger partial charge < -0.3 is 5.11 Å². The lowest BCUT2D eigenvalue weighted by Gasteiger charge is -2.30. The maximum absolute atomic E-state index is 11.8. The molecule has 0 radical (unpaired) electrons. The van der Waals surface area contributed by atoms with Gasteiger partial charge in [-0.05, 0) is 41.0 Å². The van der Waals surface area contributed by atoms with Crippen molar-refractivity contribution in [1.82, 2.24) is 0 Å². The highest BCUT2D eigenvalue weighted by molar-refractivity contribution is 7.99. The quantitative estimate of drug-likeness (QED) is 0.428. The molecule has 27 heavy (non-hydrogen) atoms. The van der Waals surface area contributed by atoms with Gasteiger partial charge in [-0.15, -0.1) is 0 Å². The van der Waals surface area contributed by atoms with Crippen LogP contribution in [-0.4, -0.2) is 5.11 Å². The van der Waals surface area contributed by atoms with Gasteiger partial charge in [0.05, 0.1) is 0 Å². The second kappa shape index (κ2) is 7.83. The summed E-state index contributed by atoms with van der Waals surface area (Å²) >= 11 is 1.72. The summed E-state index contributed by atoms with van der Waals surface area (Å²) in [5.41, 5.74) is 1.40. The van der Waals surface area contributed by atoms with Crippen molar-refractivity contribution in [2.75, 3.05) is 0 Å². The third kappa shape index (κ3) is 3.68. The zero-order chi connectivity index (χ0) is 18.5. The van der Waals surface area contributed by atoms with E-state index in [4.69, 9.17) is 0 Å². The Balaban J connectivity index is 1.73. The summed E-state index contributed by atoms with van der Waals surface area (Å²) < 4.78 is 0. The fourth-order valence-electron chi connectivity index (χ4n) is 3.25. The van der Waals surface area contributed by atoms with Gasteiger partial charge in [-0.1, -0.05) is 103 Å². The molecule has 0 unspecified atom stereocenters. The lowest BCUT2D eigenvalue weighted by Crippen LogP contribution is -2.28. The minimum atomic E-state index is -1.18. The molecule has 0 aliphatic heterocycles. The first kappa shape index (κ1) is 17.6. The average molecular weight is 369 g/mol. The van der Waals surface area contributed by atoms with Gasteiger partial charge in [0.25, 0.3) is 0 Å². The Morgan fingerprint density at radius 3 is 1.30 bits per heavy atom. The Labute approximate surface area is 164 Å². The highest BCUT2D eigenvalue weighted by Crippen LogP contribution is 2.37. The predicted octanol–water partition coefficient (Wildman–Crippen LogP) is 6.12. The molecule has 132 valence electrons. The van der Waals surface area contributed by atoms with Crippen LogP contribution in [0.2, 0.25) is 0 Å². The first-order valence-electron chi connectivity index (χ1n) is 8.94. The summed E-state index contributed by atoms with van der Waals surface area (Å²) in [5.74, 6) is 0. The molecule has 1 N–H and O–H groups in total. The van der Waals surface area contributed by atoms with E-state index in [1.807, 2.05) is 91.0 Å². The summed E-state index contributed by atoms with van der Waals surface area (Å²) in [7, 11) is 0. The van der Waals surface area contributed by atoms with Gasteiger partial charge in [0.1, 0.15) is 5.60 Å². The van der Waals surface area contributed by atoms with E-state index in [1.54, 1.807) is 11.8 Å². The Bertz CT molecular complexity index is 941. The van der Waals surface area contributed by atoms with Gasteiger partial charge in [-0.25, -0.2) is 0 Å². The summed E-state index contributed by atoms with van der Waals surface area (Å²) in [6.07, 6.45) is 0. The fraction of sp³-hybridized carbons (Fsp3) is 0.0400. The molecule has 0 fully saturated rings. The van der Waals surface area contributed by atoms with Gasteiger partial charge in [0.15, 0.2) is 0 Å². The minimum absolute atomic E-state index is 0.859. The normalized spacial score (nSPS) is 11.3. The Morgan fingerprint density at radius 2 is 0.815 bits per heavy atom. The molecule has 0 saturated carbocycles. The van der Waals surface area contributed by atoms with E-state index in [1.165, 1.54) is 4.90 Å². The molecule has 0 aliphatic carbocycles. The summed E-state index contributed by atoms with van der Waals surface area (Å²) in [4.78, 5) is 2.35. The van der Waals surface area contributed by atoms with Crippen LogP contribution in [0.15, 0.2) is 125 Å². The Hall–Kier alpha value is -2.81. The van der Waals surface area contributed by atoms with Crippen molar-refractivity contribution < 1.29 is 5.11 Å². The molecule has 0 aromatic heterocycles. The van der Waals surface area contributed by atoms with Crippen molar-refractivity contribution in [3.05, 3.63) is 132 Å². The van der Waals surface area contributed by atoms with Crippen LogP contribution in [0.1, 0.15) is 16.7 Å². The Kier molecular flexibility index (Phi) is 5.10. The van der Waals surface area contributed by atoms with Crippen molar-refractivity contribution >= 4 is 11.8 Å². The minimum Gasteiger partial charge on any atom is -0.376 e. The molecular formula is C25H20OS. The molecule has 0 spiro atoms. The first-order valence-corrected chi connectivity index (χ1v) is 9.75. The van der Waals surface area contributed by atoms with E-state index in [-0.39, 0.29) is 0 Å². The van der Waals surface area contributed by atoms with Crippen LogP contribution in [0.25, 0.3) is 0 Å². The molecular weight excluding hydrogens is 348 g/mol. The molecule has 0 heterocycles.